The Hall–Kier alpha value is -0.260. The number of halogens is 2. The van der Waals surface area contributed by atoms with Crippen LogP contribution in [0.2, 0.25) is 0 Å². The lowest BCUT2D eigenvalue weighted by atomic mass is 10.3. The van der Waals surface area contributed by atoms with E-state index in [1.165, 1.54) is 7.05 Å². The van der Waals surface area contributed by atoms with Gasteiger partial charge in [-0.25, -0.2) is 8.78 Å². The highest BCUT2D eigenvalue weighted by Crippen LogP contribution is 2.11. The molecule has 0 aliphatic rings. The number of alkyl halides is 2. The van der Waals surface area contributed by atoms with Crippen molar-refractivity contribution in [1.82, 2.24) is 10.2 Å². The van der Waals surface area contributed by atoms with E-state index >= 15 is 0 Å². The van der Waals surface area contributed by atoms with Gasteiger partial charge in [0, 0.05) is 6.54 Å². The molecule has 0 heterocycles. The van der Waals surface area contributed by atoms with Crippen molar-refractivity contribution in [3.8, 4) is 0 Å². The van der Waals surface area contributed by atoms with Crippen molar-refractivity contribution in [3.05, 3.63) is 0 Å². The third kappa shape index (κ3) is 8.08. The van der Waals surface area contributed by atoms with E-state index in [-0.39, 0.29) is 6.54 Å². The zero-order valence-corrected chi connectivity index (χ0v) is 8.44. The van der Waals surface area contributed by atoms with Gasteiger partial charge in [-0.1, -0.05) is 0 Å². The topological polar surface area (TPSA) is 24.5 Å². The molecule has 0 aromatic rings. The molecule has 3 nitrogen and oxygen atoms in total. The lowest BCUT2D eigenvalue weighted by Crippen LogP contribution is -2.35. The van der Waals surface area contributed by atoms with Gasteiger partial charge in [0.15, 0.2) is 0 Å². The number of nitrogens with one attached hydrogen (secondary N) is 1. The number of hydrogen-bond donors (Lipinski definition) is 1. The summed E-state index contributed by atoms with van der Waals surface area (Å²) in [6, 6.07) is 0. The zero-order chi connectivity index (χ0) is 10.3. The Bertz CT molecular complexity index is 131. The van der Waals surface area contributed by atoms with Gasteiger partial charge in [-0.05, 0) is 21.1 Å². The maximum absolute atomic E-state index is 12.7. The summed E-state index contributed by atoms with van der Waals surface area (Å²) in [6.07, 6.45) is 0. The molecule has 0 aromatic carbocycles. The summed E-state index contributed by atoms with van der Waals surface area (Å²) in [4.78, 5) is 1.89. The van der Waals surface area contributed by atoms with Crippen LogP contribution in [0.15, 0.2) is 0 Å². The second-order valence-corrected chi connectivity index (χ2v) is 3.24. The first-order chi connectivity index (χ1) is 5.98. The van der Waals surface area contributed by atoms with Gasteiger partial charge in [-0.15, -0.1) is 0 Å². The van der Waals surface area contributed by atoms with Gasteiger partial charge in [-0.2, -0.15) is 0 Å². The average molecular weight is 196 g/mol. The predicted octanol–water partition coefficient (Wildman–Crippen LogP) is 0.419. The van der Waals surface area contributed by atoms with Crippen LogP contribution >= 0.6 is 0 Å². The summed E-state index contributed by atoms with van der Waals surface area (Å²) >= 11 is 0. The van der Waals surface area contributed by atoms with E-state index in [1.807, 2.05) is 19.0 Å². The minimum atomic E-state index is -2.76. The third-order valence-electron chi connectivity index (χ3n) is 1.43. The van der Waals surface area contributed by atoms with Crippen LogP contribution < -0.4 is 5.32 Å². The molecule has 0 amide bonds. The van der Waals surface area contributed by atoms with Gasteiger partial charge in [0.1, 0.15) is 6.61 Å². The van der Waals surface area contributed by atoms with Gasteiger partial charge in [0.2, 0.25) is 0 Å². The summed E-state index contributed by atoms with van der Waals surface area (Å²) < 4.78 is 30.3. The van der Waals surface area contributed by atoms with Crippen LogP contribution in [0.25, 0.3) is 0 Å². The molecule has 1 N–H and O–H groups in total. The van der Waals surface area contributed by atoms with Gasteiger partial charge < -0.3 is 15.0 Å². The second-order valence-electron chi connectivity index (χ2n) is 3.24. The Balaban J connectivity index is 3.40. The van der Waals surface area contributed by atoms with Gasteiger partial charge in [-0.3, -0.25) is 0 Å². The predicted molar refractivity (Wildman–Crippen MR) is 48.2 cm³/mol. The molecular formula is C8H18F2N2O. The van der Waals surface area contributed by atoms with Crippen molar-refractivity contribution in [3.63, 3.8) is 0 Å². The summed E-state index contributed by atoms with van der Waals surface area (Å²) in [5.41, 5.74) is 0. The Morgan fingerprint density at radius 2 is 2.00 bits per heavy atom. The summed E-state index contributed by atoms with van der Waals surface area (Å²) in [7, 11) is 5.23. The van der Waals surface area contributed by atoms with Crippen LogP contribution in [0.4, 0.5) is 8.78 Å². The minimum Gasteiger partial charge on any atom is -0.374 e. The largest absolute Gasteiger partial charge is 0.374 e. The van der Waals surface area contributed by atoms with Crippen molar-refractivity contribution in [2.45, 2.75) is 5.92 Å². The van der Waals surface area contributed by atoms with Crippen LogP contribution in [-0.4, -0.2) is 58.3 Å². The van der Waals surface area contributed by atoms with Crippen LogP contribution in [-0.2, 0) is 4.74 Å². The molecule has 0 rings (SSSR count). The molecule has 5 heteroatoms. The highest BCUT2D eigenvalue weighted by Gasteiger charge is 2.27. The first kappa shape index (κ1) is 12.7. The molecule has 0 bridgehead atoms. The standard InChI is InChI=1S/C8H18F2N2O/c1-11-6-8(9,10)7-13-5-4-12(2)3/h11H,4-7H2,1-3H3. The monoisotopic (exact) mass is 196 g/mol. The molecule has 0 saturated carbocycles. The molecule has 0 aliphatic carbocycles. The van der Waals surface area contributed by atoms with Gasteiger partial charge in [0.05, 0.1) is 13.2 Å². The van der Waals surface area contributed by atoms with Crippen molar-refractivity contribution in [2.75, 3.05) is 47.4 Å². The highest BCUT2D eigenvalue weighted by atomic mass is 19.3. The lowest BCUT2D eigenvalue weighted by molar-refractivity contribution is -0.0750. The van der Waals surface area contributed by atoms with Gasteiger partial charge >= 0.3 is 0 Å². The fraction of sp³-hybridized carbons (Fsp3) is 1.00. The molecule has 13 heavy (non-hydrogen) atoms. The Morgan fingerprint density at radius 3 is 2.46 bits per heavy atom. The fourth-order valence-corrected chi connectivity index (χ4v) is 0.778. The second kappa shape index (κ2) is 6.23. The van der Waals surface area contributed by atoms with Crippen LogP contribution in [0.1, 0.15) is 0 Å². The maximum Gasteiger partial charge on any atom is 0.283 e. The summed E-state index contributed by atoms with van der Waals surface area (Å²) in [5, 5.41) is 2.42. The van der Waals surface area contributed by atoms with Crippen LogP contribution in [0.5, 0.6) is 0 Å². The van der Waals surface area contributed by atoms with Crippen molar-refractivity contribution >= 4 is 0 Å². The highest BCUT2D eigenvalue weighted by molar-refractivity contribution is 4.66. The molecule has 0 fully saturated rings. The molecular weight excluding hydrogens is 178 g/mol. The molecule has 0 radical (unpaired) electrons. The lowest BCUT2D eigenvalue weighted by Gasteiger charge is -2.16. The van der Waals surface area contributed by atoms with Crippen molar-refractivity contribution < 1.29 is 13.5 Å². The summed E-state index contributed by atoms with van der Waals surface area (Å²) in [5.74, 6) is -2.76. The smallest absolute Gasteiger partial charge is 0.283 e. The number of rotatable bonds is 7. The van der Waals surface area contributed by atoms with E-state index in [1.54, 1.807) is 0 Å². The summed E-state index contributed by atoms with van der Waals surface area (Å²) in [6.45, 7) is 0.151. The molecule has 0 aliphatic heterocycles. The van der Waals surface area contributed by atoms with E-state index in [0.29, 0.717) is 13.2 Å². The fourth-order valence-electron chi connectivity index (χ4n) is 0.778. The van der Waals surface area contributed by atoms with E-state index < -0.39 is 12.5 Å². The van der Waals surface area contributed by atoms with Crippen LogP contribution in [0, 0.1) is 0 Å². The minimum absolute atomic E-state index is 0.338. The zero-order valence-electron chi connectivity index (χ0n) is 8.44. The number of likely N-dealkylation sites (N-methyl/N-ethyl adjacent to an activating group) is 1. The third-order valence-corrected chi connectivity index (χ3v) is 1.43. The van der Waals surface area contributed by atoms with Crippen LogP contribution in [0.3, 0.4) is 0 Å². The van der Waals surface area contributed by atoms with Crippen molar-refractivity contribution in [2.24, 2.45) is 0 Å². The van der Waals surface area contributed by atoms with E-state index in [4.69, 9.17) is 4.74 Å². The van der Waals surface area contributed by atoms with Crippen molar-refractivity contribution in [1.29, 1.82) is 0 Å². The van der Waals surface area contributed by atoms with E-state index in [0.717, 1.165) is 0 Å². The Labute approximate surface area is 78.0 Å². The molecule has 0 saturated heterocycles. The number of ether oxygens (including phenoxy) is 1. The molecule has 0 aromatic heterocycles. The number of hydrogen-bond acceptors (Lipinski definition) is 3. The average Bonchev–Trinajstić information content (AvgIpc) is 1.98. The molecule has 0 unspecified atom stereocenters. The van der Waals surface area contributed by atoms with E-state index in [9.17, 15) is 8.78 Å². The first-order valence-electron chi connectivity index (χ1n) is 4.23. The maximum atomic E-state index is 12.7. The SMILES string of the molecule is CNCC(F)(F)COCCN(C)C. The van der Waals surface area contributed by atoms with Gasteiger partial charge in [0.25, 0.3) is 5.92 Å². The Kier molecular flexibility index (Phi) is 6.11. The molecule has 0 spiro atoms. The number of nitrogens with zero attached hydrogens (tertiary/aromatic N) is 1. The Morgan fingerprint density at radius 1 is 1.38 bits per heavy atom. The normalized spacial score (nSPS) is 12.5. The first-order valence-corrected chi connectivity index (χ1v) is 4.23. The quantitative estimate of drug-likeness (QED) is 0.597. The molecule has 0 atom stereocenters. The molecule has 80 valence electrons. The van der Waals surface area contributed by atoms with E-state index in [2.05, 4.69) is 5.32 Å².